The van der Waals surface area contributed by atoms with E-state index < -0.39 is 11.9 Å². The zero-order valence-electron chi connectivity index (χ0n) is 12.2. The van der Waals surface area contributed by atoms with Crippen molar-refractivity contribution in [2.45, 2.75) is 32.4 Å². The molecule has 114 valence electrons. The second-order valence-electron chi connectivity index (χ2n) is 5.49. The summed E-state index contributed by atoms with van der Waals surface area (Å²) in [5.74, 6) is -1.42. The maximum absolute atomic E-state index is 12.2. The molecule has 0 aromatic heterocycles. The molecule has 1 N–H and O–H groups in total. The lowest BCUT2D eigenvalue weighted by atomic mass is 9.93. The Morgan fingerprint density at radius 3 is 2.67 bits per heavy atom. The van der Waals surface area contributed by atoms with E-state index in [2.05, 4.69) is 0 Å². The van der Waals surface area contributed by atoms with E-state index in [-0.39, 0.29) is 25.1 Å². The Hall–Kier alpha value is -1.88. The summed E-state index contributed by atoms with van der Waals surface area (Å²) in [6, 6.07) is 9.72. The molecule has 21 heavy (non-hydrogen) atoms. The number of carboxylic acid groups (broad SMARTS) is 1. The Morgan fingerprint density at radius 2 is 2.00 bits per heavy atom. The van der Waals surface area contributed by atoms with Crippen LogP contribution in [-0.2, 0) is 20.9 Å². The number of rotatable bonds is 5. The minimum Gasteiger partial charge on any atom is -0.481 e. The maximum atomic E-state index is 12.2. The molecule has 1 aliphatic heterocycles. The zero-order chi connectivity index (χ0) is 15.2. The third kappa shape index (κ3) is 4.29. The monoisotopic (exact) mass is 291 g/mol. The minimum atomic E-state index is -0.829. The van der Waals surface area contributed by atoms with Crippen molar-refractivity contribution in [1.29, 1.82) is 0 Å². The quantitative estimate of drug-likeness (QED) is 0.900. The molecule has 2 rings (SSSR count). The first-order valence-corrected chi connectivity index (χ1v) is 7.22. The average molecular weight is 291 g/mol. The van der Waals surface area contributed by atoms with E-state index in [0.717, 1.165) is 12.0 Å². The van der Waals surface area contributed by atoms with Crippen molar-refractivity contribution < 1.29 is 19.4 Å². The molecule has 0 bridgehead atoms. The summed E-state index contributed by atoms with van der Waals surface area (Å²) < 4.78 is 5.44. The second kappa shape index (κ2) is 7.22. The maximum Gasteiger partial charge on any atom is 0.308 e. The molecular formula is C16H21NO4. The summed E-state index contributed by atoms with van der Waals surface area (Å²) in [5, 5.41) is 9.08. The molecule has 1 aliphatic rings. The number of ether oxygens (including phenoxy) is 1. The summed E-state index contributed by atoms with van der Waals surface area (Å²) in [4.78, 5) is 24.9. The Labute approximate surface area is 124 Å². The largest absolute Gasteiger partial charge is 0.481 e. The van der Waals surface area contributed by atoms with Crippen LogP contribution in [0.2, 0.25) is 0 Å². The lowest BCUT2D eigenvalue weighted by Gasteiger charge is -2.36. The van der Waals surface area contributed by atoms with E-state index in [1.165, 1.54) is 0 Å². The number of piperidine rings is 1. The van der Waals surface area contributed by atoms with Crippen molar-refractivity contribution >= 4 is 11.9 Å². The summed E-state index contributed by atoms with van der Waals surface area (Å²) in [6.07, 6.45) is 1.35. The number of likely N-dealkylation sites (tertiary alicyclic amines) is 1. The van der Waals surface area contributed by atoms with E-state index in [4.69, 9.17) is 9.84 Å². The molecule has 1 aromatic carbocycles. The van der Waals surface area contributed by atoms with Gasteiger partial charge >= 0.3 is 5.97 Å². The Bertz CT molecular complexity index is 488. The molecular weight excluding hydrogens is 270 g/mol. The van der Waals surface area contributed by atoms with Gasteiger partial charge in [0.25, 0.3) is 0 Å². The number of carboxylic acids is 1. The first-order valence-electron chi connectivity index (χ1n) is 7.22. The Morgan fingerprint density at radius 1 is 1.29 bits per heavy atom. The van der Waals surface area contributed by atoms with Gasteiger partial charge in [-0.05, 0) is 25.3 Å². The standard InChI is InChI=1S/C16H21NO4/c1-12-7-8-14(16(19)20)9-17(12)15(18)11-21-10-13-5-3-2-4-6-13/h2-6,12,14H,7-11H2,1H3,(H,19,20). The molecule has 1 aromatic rings. The van der Waals surface area contributed by atoms with Crippen LogP contribution in [0.3, 0.4) is 0 Å². The summed E-state index contributed by atoms with van der Waals surface area (Å²) >= 11 is 0. The van der Waals surface area contributed by atoms with Gasteiger partial charge in [-0.25, -0.2) is 0 Å². The number of aliphatic carboxylic acids is 1. The predicted octanol–water partition coefficient (Wildman–Crippen LogP) is 1.91. The molecule has 5 heteroatoms. The van der Waals surface area contributed by atoms with Crippen LogP contribution in [0.15, 0.2) is 30.3 Å². The molecule has 0 radical (unpaired) electrons. The van der Waals surface area contributed by atoms with E-state index in [1.54, 1.807) is 4.90 Å². The summed E-state index contributed by atoms with van der Waals surface area (Å²) in [5.41, 5.74) is 1.01. The van der Waals surface area contributed by atoms with Crippen molar-refractivity contribution in [2.24, 2.45) is 5.92 Å². The molecule has 0 saturated carbocycles. The van der Waals surface area contributed by atoms with Gasteiger partial charge in [0, 0.05) is 12.6 Å². The highest BCUT2D eigenvalue weighted by atomic mass is 16.5. The molecule has 5 nitrogen and oxygen atoms in total. The third-order valence-electron chi connectivity index (χ3n) is 3.89. The van der Waals surface area contributed by atoms with Crippen LogP contribution in [0.4, 0.5) is 0 Å². The average Bonchev–Trinajstić information content (AvgIpc) is 2.48. The van der Waals surface area contributed by atoms with Crippen molar-refractivity contribution in [2.75, 3.05) is 13.2 Å². The fourth-order valence-corrected chi connectivity index (χ4v) is 2.57. The summed E-state index contributed by atoms with van der Waals surface area (Å²) in [7, 11) is 0. The van der Waals surface area contributed by atoms with Gasteiger partial charge in [0.15, 0.2) is 0 Å². The molecule has 1 heterocycles. The predicted molar refractivity (Wildman–Crippen MR) is 77.6 cm³/mol. The molecule has 1 saturated heterocycles. The fourth-order valence-electron chi connectivity index (χ4n) is 2.57. The number of nitrogens with zero attached hydrogens (tertiary/aromatic N) is 1. The Kier molecular flexibility index (Phi) is 5.33. The second-order valence-corrected chi connectivity index (χ2v) is 5.49. The van der Waals surface area contributed by atoms with Crippen LogP contribution >= 0.6 is 0 Å². The highest BCUT2D eigenvalue weighted by molar-refractivity contribution is 5.79. The third-order valence-corrected chi connectivity index (χ3v) is 3.89. The summed E-state index contributed by atoms with van der Waals surface area (Å²) in [6.45, 7) is 2.61. The van der Waals surface area contributed by atoms with Gasteiger partial charge in [-0.2, -0.15) is 0 Å². The number of amides is 1. The number of hydrogen-bond acceptors (Lipinski definition) is 3. The lowest BCUT2D eigenvalue weighted by molar-refractivity contribution is -0.149. The van der Waals surface area contributed by atoms with E-state index in [9.17, 15) is 9.59 Å². The van der Waals surface area contributed by atoms with Gasteiger partial charge in [0.1, 0.15) is 6.61 Å². The molecule has 0 aliphatic carbocycles. The first kappa shape index (κ1) is 15.5. The van der Waals surface area contributed by atoms with Gasteiger partial charge < -0.3 is 14.7 Å². The van der Waals surface area contributed by atoms with Crippen LogP contribution < -0.4 is 0 Å². The number of hydrogen-bond donors (Lipinski definition) is 1. The van der Waals surface area contributed by atoms with E-state index in [0.29, 0.717) is 13.0 Å². The van der Waals surface area contributed by atoms with Gasteiger partial charge in [-0.1, -0.05) is 30.3 Å². The highest BCUT2D eigenvalue weighted by Crippen LogP contribution is 2.22. The van der Waals surface area contributed by atoms with Crippen LogP contribution in [0.5, 0.6) is 0 Å². The topological polar surface area (TPSA) is 66.8 Å². The zero-order valence-corrected chi connectivity index (χ0v) is 12.2. The molecule has 0 spiro atoms. The molecule has 1 amide bonds. The molecule has 2 unspecified atom stereocenters. The van der Waals surface area contributed by atoms with Crippen molar-refractivity contribution in [3.63, 3.8) is 0 Å². The molecule has 1 fully saturated rings. The van der Waals surface area contributed by atoms with Crippen LogP contribution in [0, 0.1) is 5.92 Å². The highest BCUT2D eigenvalue weighted by Gasteiger charge is 2.32. The van der Waals surface area contributed by atoms with Gasteiger partial charge in [0.2, 0.25) is 5.91 Å². The van der Waals surface area contributed by atoms with Gasteiger partial charge in [-0.3, -0.25) is 9.59 Å². The van der Waals surface area contributed by atoms with E-state index >= 15 is 0 Å². The van der Waals surface area contributed by atoms with Gasteiger partial charge in [0.05, 0.1) is 12.5 Å². The van der Waals surface area contributed by atoms with Gasteiger partial charge in [-0.15, -0.1) is 0 Å². The lowest BCUT2D eigenvalue weighted by Crippen LogP contribution is -2.48. The normalized spacial score (nSPS) is 22.0. The molecule has 2 atom stereocenters. The number of carbonyl (C=O) groups is 2. The van der Waals surface area contributed by atoms with Crippen molar-refractivity contribution in [3.8, 4) is 0 Å². The van der Waals surface area contributed by atoms with Crippen LogP contribution in [-0.4, -0.2) is 41.1 Å². The van der Waals surface area contributed by atoms with Crippen LogP contribution in [0.25, 0.3) is 0 Å². The van der Waals surface area contributed by atoms with Crippen LogP contribution in [0.1, 0.15) is 25.3 Å². The first-order chi connectivity index (χ1) is 10.1. The number of carbonyl (C=O) groups excluding carboxylic acids is 1. The smallest absolute Gasteiger partial charge is 0.308 e. The number of benzene rings is 1. The van der Waals surface area contributed by atoms with Crippen molar-refractivity contribution in [1.82, 2.24) is 4.90 Å². The van der Waals surface area contributed by atoms with Crippen molar-refractivity contribution in [3.05, 3.63) is 35.9 Å². The Balaban J connectivity index is 1.82. The minimum absolute atomic E-state index is 0.00836. The van der Waals surface area contributed by atoms with E-state index in [1.807, 2.05) is 37.3 Å². The SMILES string of the molecule is CC1CCC(C(=O)O)CN1C(=O)COCc1ccccc1. The fraction of sp³-hybridized carbons (Fsp3) is 0.500.